The van der Waals surface area contributed by atoms with Crippen molar-refractivity contribution in [2.45, 2.75) is 80.7 Å². The van der Waals surface area contributed by atoms with E-state index < -0.39 is 16.7 Å². The van der Waals surface area contributed by atoms with Crippen molar-refractivity contribution in [1.82, 2.24) is 15.5 Å². The molecule has 7 nitrogen and oxygen atoms in total. The number of nitrogens with zero attached hydrogens (tertiary/aromatic N) is 1. The Hall–Kier alpha value is -1.28. The zero-order valence-electron chi connectivity index (χ0n) is 18.3. The average molecular weight is 440 g/mol. The third-order valence-electron chi connectivity index (χ3n) is 6.98. The molecule has 0 aromatic rings. The molecule has 0 saturated carbocycles. The van der Waals surface area contributed by atoms with Crippen LogP contribution < -0.4 is 10.6 Å². The van der Waals surface area contributed by atoms with Crippen LogP contribution in [-0.4, -0.2) is 70.5 Å². The number of nitrogens with one attached hydrogen (secondary N) is 2. The highest BCUT2D eigenvalue weighted by molar-refractivity contribution is 8.02. The molecule has 3 fully saturated rings. The van der Waals surface area contributed by atoms with Gasteiger partial charge in [-0.2, -0.15) is 0 Å². The van der Waals surface area contributed by atoms with E-state index in [1.807, 2.05) is 0 Å². The maximum atomic E-state index is 13.5. The van der Waals surface area contributed by atoms with E-state index in [2.05, 4.69) is 17.6 Å². The fraction of sp³-hybridized carbons (Fsp3) is 0.864. The molecule has 3 amide bonds. The van der Waals surface area contributed by atoms with E-state index in [1.54, 1.807) is 23.7 Å². The Bertz CT molecular complexity index is 646. The second-order valence-electron chi connectivity index (χ2n) is 8.84. The molecule has 8 heteroatoms. The zero-order chi connectivity index (χ0) is 21.7. The lowest BCUT2D eigenvalue weighted by Crippen LogP contribution is -2.53. The molecular formula is C22H37N3O4S. The molecule has 3 rings (SSSR count). The highest BCUT2D eigenvalue weighted by atomic mass is 32.2. The topological polar surface area (TPSA) is 98.7 Å². The first kappa shape index (κ1) is 23.4. The third-order valence-corrected chi connectivity index (χ3v) is 8.94. The number of hydrogen-bond donors (Lipinski definition) is 3. The predicted molar refractivity (Wildman–Crippen MR) is 118 cm³/mol. The number of carbonyl (C=O) groups is 3. The molecule has 170 valence electrons. The summed E-state index contributed by atoms with van der Waals surface area (Å²) in [4.78, 5) is 41.3. The molecule has 0 radical (unpaired) electrons. The third kappa shape index (κ3) is 4.22. The van der Waals surface area contributed by atoms with Crippen molar-refractivity contribution in [3.63, 3.8) is 0 Å². The quantitative estimate of drug-likeness (QED) is 0.402. The summed E-state index contributed by atoms with van der Waals surface area (Å²) in [5.41, 5.74) is 0. The van der Waals surface area contributed by atoms with Gasteiger partial charge >= 0.3 is 0 Å². The number of rotatable bonds is 12. The second-order valence-corrected chi connectivity index (χ2v) is 10.4. The van der Waals surface area contributed by atoms with Gasteiger partial charge in [-0.3, -0.25) is 14.4 Å². The van der Waals surface area contributed by atoms with Crippen molar-refractivity contribution in [2.24, 2.45) is 11.8 Å². The van der Waals surface area contributed by atoms with E-state index in [-0.39, 0.29) is 35.5 Å². The average Bonchev–Trinajstić information content (AvgIpc) is 3.38. The monoisotopic (exact) mass is 439 g/mol. The van der Waals surface area contributed by atoms with Crippen LogP contribution in [0, 0.1) is 11.8 Å². The Labute approximate surface area is 184 Å². The standard InChI is InChI=1S/C22H37N3O4S/c1-3-4-7-12-24-20(28)18-22-11-10-15(30-22)16(19(27)23-2)17(22)21(29)25(18)13-8-5-6-9-14-26/h15-18,26H,3-14H2,1-2H3,(H,23,27)(H,24,28)/t15-,16+,17+,18?,22?/m1/s1. The van der Waals surface area contributed by atoms with Crippen molar-refractivity contribution >= 4 is 29.5 Å². The molecule has 3 aliphatic heterocycles. The molecule has 3 aliphatic rings. The molecule has 5 atom stereocenters. The molecular weight excluding hydrogens is 402 g/mol. The lowest BCUT2D eigenvalue weighted by molar-refractivity contribution is -0.140. The molecule has 0 aromatic carbocycles. The van der Waals surface area contributed by atoms with Crippen molar-refractivity contribution in [2.75, 3.05) is 26.7 Å². The summed E-state index contributed by atoms with van der Waals surface area (Å²) in [7, 11) is 1.63. The molecule has 2 bridgehead atoms. The first-order valence-corrected chi connectivity index (χ1v) is 12.5. The summed E-state index contributed by atoms with van der Waals surface area (Å²) in [5, 5.41) is 14.9. The van der Waals surface area contributed by atoms with Crippen LogP contribution in [0.15, 0.2) is 0 Å². The van der Waals surface area contributed by atoms with Crippen LogP contribution >= 0.6 is 11.8 Å². The maximum absolute atomic E-state index is 13.5. The lowest BCUT2D eigenvalue weighted by atomic mass is 9.71. The summed E-state index contributed by atoms with van der Waals surface area (Å²) in [5.74, 6) is -0.877. The van der Waals surface area contributed by atoms with Gasteiger partial charge in [-0.15, -0.1) is 11.8 Å². The van der Waals surface area contributed by atoms with E-state index in [4.69, 9.17) is 5.11 Å². The van der Waals surface area contributed by atoms with Crippen molar-refractivity contribution in [3.8, 4) is 0 Å². The number of hydrogen-bond acceptors (Lipinski definition) is 5. The van der Waals surface area contributed by atoms with Gasteiger partial charge in [-0.05, 0) is 32.1 Å². The van der Waals surface area contributed by atoms with Crippen molar-refractivity contribution < 1.29 is 19.5 Å². The highest BCUT2D eigenvalue weighted by Crippen LogP contribution is 2.66. The summed E-state index contributed by atoms with van der Waals surface area (Å²) in [6.45, 7) is 3.49. The minimum atomic E-state index is -0.487. The Kier molecular flexibility index (Phi) is 8.07. The Morgan fingerprint density at radius 1 is 1.17 bits per heavy atom. The number of likely N-dealkylation sites (tertiary alicyclic amines) is 1. The first-order valence-electron chi connectivity index (χ1n) is 11.6. The number of aliphatic hydroxyl groups is 1. The van der Waals surface area contributed by atoms with Crippen LogP contribution in [0.2, 0.25) is 0 Å². The van der Waals surface area contributed by atoms with Crippen molar-refractivity contribution in [1.29, 1.82) is 0 Å². The number of unbranched alkanes of at least 4 members (excludes halogenated alkanes) is 5. The fourth-order valence-electron chi connectivity index (χ4n) is 5.59. The SMILES string of the molecule is CCCCCNC(=O)C1N(CCCCCCO)C(=O)[C@@H]2[C@@H](C(=O)NC)[C@H]3CCC12S3. The largest absolute Gasteiger partial charge is 0.396 e. The van der Waals surface area contributed by atoms with Crippen LogP contribution in [0.4, 0.5) is 0 Å². The predicted octanol–water partition coefficient (Wildman–Crippen LogP) is 1.68. The van der Waals surface area contributed by atoms with E-state index in [0.29, 0.717) is 13.1 Å². The van der Waals surface area contributed by atoms with Crippen LogP contribution in [0.1, 0.15) is 64.7 Å². The summed E-state index contributed by atoms with van der Waals surface area (Å²) >= 11 is 1.72. The van der Waals surface area contributed by atoms with Gasteiger partial charge in [0.1, 0.15) is 6.04 Å². The van der Waals surface area contributed by atoms with Crippen LogP contribution in [0.3, 0.4) is 0 Å². The van der Waals surface area contributed by atoms with Crippen LogP contribution in [0.5, 0.6) is 0 Å². The number of fused-ring (bicyclic) bond motifs is 1. The maximum Gasteiger partial charge on any atom is 0.244 e. The van der Waals surface area contributed by atoms with E-state index >= 15 is 0 Å². The molecule has 1 spiro atoms. The molecule has 3 heterocycles. The van der Waals surface area contributed by atoms with E-state index in [0.717, 1.165) is 57.8 Å². The van der Waals surface area contributed by atoms with Crippen LogP contribution in [0.25, 0.3) is 0 Å². The molecule has 0 aromatic heterocycles. The summed E-state index contributed by atoms with van der Waals surface area (Å²) < 4.78 is -0.473. The van der Waals surface area contributed by atoms with Gasteiger partial charge < -0.3 is 20.6 Å². The van der Waals surface area contributed by atoms with Gasteiger partial charge in [-0.1, -0.05) is 32.6 Å². The van der Waals surface area contributed by atoms with Gasteiger partial charge in [0, 0.05) is 32.0 Å². The molecule has 0 aliphatic carbocycles. The molecule has 30 heavy (non-hydrogen) atoms. The second kappa shape index (κ2) is 10.4. The minimum Gasteiger partial charge on any atom is -0.396 e. The summed E-state index contributed by atoms with van der Waals surface area (Å²) in [6, 6.07) is -0.487. The van der Waals surface area contributed by atoms with Gasteiger partial charge in [0.25, 0.3) is 0 Å². The van der Waals surface area contributed by atoms with E-state index in [1.165, 1.54) is 0 Å². The first-order chi connectivity index (χ1) is 14.5. The Morgan fingerprint density at radius 2 is 1.93 bits per heavy atom. The highest BCUT2D eigenvalue weighted by Gasteiger charge is 2.73. The number of carbonyl (C=O) groups excluding carboxylic acids is 3. The molecule has 2 unspecified atom stereocenters. The Balaban J connectivity index is 1.78. The number of amides is 3. The van der Waals surface area contributed by atoms with Gasteiger partial charge in [0.2, 0.25) is 17.7 Å². The molecule has 3 saturated heterocycles. The van der Waals surface area contributed by atoms with Gasteiger partial charge in [-0.25, -0.2) is 0 Å². The fourth-order valence-corrected chi connectivity index (χ4v) is 7.81. The van der Waals surface area contributed by atoms with Gasteiger partial charge in [0.15, 0.2) is 0 Å². The summed E-state index contributed by atoms with van der Waals surface area (Å²) in [6.07, 6.45) is 8.22. The van der Waals surface area contributed by atoms with Gasteiger partial charge in [0.05, 0.1) is 16.6 Å². The van der Waals surface area contributed by atoms with E-state index in [9.17, 15) is 14.4 Å². The molecule has 3 N–H and O–H groups in total. The minimum absolute atomic E-state index is 0.0193. The normalized spacial score (nSPS) is 31.8. The zero-order valence-corrected chi connectivity index (χ0v) is 19.1. The Morgan fingerprint density at radius 3 is 2.63 bits per heavy atom. The van der Waals surface area contributed by atoms with Crippen LogP contribution in [-0.2, 0) is 14.4 Å². The smallest absolute Gasteiger partial charge is 0.244 e. The van der Waals surface area contributed by atoms with Crippen molar-refractivity contribution in [3.05, 3.63) is 0 Å². The number of thioether (sulfide) groups is 1. The lowest BCUT2D eigenvalue weighted by Gasteiger charge is -2.34. The number of aliphatic hydroxyl groups excluding tert-OH is 1.